The molecular weight excluding hydrogens is 313 g/mol. The molecule has 2 aliphatic heterocycles. The molecule has 0 unspecified atom stereocenters. The van der Waals surface area contributed by atoms with Gasteiger partial charge in [-0.1, -0.05) is 0 Å². The van der Waals surface area contributed by atoms with Crippen LogP contribution in [0.4, 0.5) is 14.9 Å². The van der Waals surface area contributed by atoms with Crippen LogP contribution in [0.1, 0.15) is 12.0 Å². The number of nitrogens with zero attached hydrogens (tertiary/aromatic N) is 3. The molecule has 0 saturated carbocycles. The molecular formula is C17H20FN3O3. The smallest absolute Gasteiger partial charge is 0.324 e. The van der Waals surface area contributed by atoms with Gasteiger partial charge >= 0.3 is 6.03 Å². The third-order valence-corrected chi connectivity index (χ3v) is 4.78. The van der Waals surface area contributed by atoms with E-state index in [1.54, 1.807) is 30.1 Å². The molecule has 0 N–H and O–H groups in total. The lowest BCUT2D eigenvalue weighted by molar-refractivity contribution is 0.0669. The molecule has 0 aliphatic carbocycles. The molecule has 2 amide bonds. The largest absolute Gasteiger partial charge is 0.493 e. The van der Waals surface area contributed by atoms with Crippen LogP contribution in [-0.2, 0) is 6.42 Å². The fourth-order valence-electron chi connectivity index (χ4n) is 3.37. The number of hydrogen-bond donors (Lipinski definition) is 0. The van der Waals surface area contributed by atoms with Gasteiger partial charge < -0.3 is 14.4 Å². The van der Waals surface area contributed by atoms with Crippen molar-refractivity contribution in [2.75, 3.05) is 45.4 Å². The summed E-state index contributed by atoms with van der Waals surface area (Å²) >= 11 is 0. The Hall–Kier alpha value is -2.49. The van der Waals surface area contributed by atoms with Crippen LogP contribution in [0.5, 0.6) is 11.5 Å². The van der Waals surface area contributed by atoms with Crippen LogP contribution in [0.2, 0.25) is 0 Å². The molecule has 1 aromatic carbocycles. The molecule has 1 saturated heterocycles. The highest BCUT2D eigenvalue weighted by Gasteiger charge is 2.47. The van der Waals surface area contributed by atoms with E-state index in [4.69, 9.17) is 9.47 Å². The number of amides is 2. The third-order valence-electron chi connectivity index (χ3n) is 4.78. The molecule has 7 heteroatoms. The molecule has 2 aliphatic rings. The lowest BCUT2D eigenvalue weighted by Gasteiger charge is -2.46. The van der Waals surface area contributed by atoms with Gasteiger partial charge in [0.2, 0.25) is 0 Å². The second kappa shape index (κ2) is 6.19. The van der Waals surface area contributed by atoms with Gasteiger partial charge in [-0.05, 0) is 24.5 Å². The van der Waals surface area contributed by atoms with E-state index in [9.17, 15) is 14.4 Å². The zero-order chi connectivity index (χ0) is 17.3. The maximum absolute atomic E-state index is 12.7. The first-order chi connectivity index (χ1) is 11.6. The van der Waals surface area contributed by atoms with E-state index in [0.29, 0.717) is 18.0 Å². The van der Waals surface area contributed by atoms with E-state index in [1.807, 2.05) is 6.07 Å². The Balaban J connectivity index is 1.77. The van der Waals surface area contributed by atoms with Crippen LogP contribution in [0, 0.1) is 16.7 Å². The number of fused-ring (bicyclic) bond motifs is 1. The highest BCUT2D eigenvalue weighted by atomic mass is 19.1. The Kier molecular flexibility index (Phi) is 4.22. The van der Waals surface area contributed by atoms with Gasteiger partial charge in [0.1, 0.15) is 0 Å². The molecule has 1 aromatic rings. The first-order valence-electron chi connectivity index (χ1n) is 7.86. The van der Waals surface area contributed by atoms with E-state index in [0.717, 1.165) is 17.7 Å². The summed E-state index contributed by atoms with van der Waals surface area (Å²) < 4.78 is 23.2. The maximum Gasteiger partial charge on any atom is 0.324 e. The number of anilines is 1. The quantitative estimate of drug-likeness (QED) is 0.848. The number of halogens is 1. The second-order valence-electron chi connectivity index (χ2n) is 6.21. The van der Waals surface area contributed by atoms with Gasteiger partial charge in [-0.15, -0.1) is 0 Å². The number of benzene rings is 1. The summed E-state index contributed by atoms with van der Waals surface area (Å²) in [6, 6.07) is 5.70. The van der Waals surface area contributed by atoms with Crippen molar-refractivity contribution in [3.05, 3.63) is 17.7 Å². The van der Waals surface area contributed by atoms with E-state index in [1.165, 1.54) is 0 Å². The minimum atomic E-state index is -0.732. The Morgan fingerprint density at radius 2 is 2.00 bits per heavy atom. The van der Waals surface area contributed by atoms with Gasteiger partial charge in [-0.25, -0.2) is 4.79 Å². The summed E-state index contributed by atoms with van der Waals surface area (Å²) in [7, 11) is 3.13. The van der Waals surface area contributed by atoms with E-state index < -0.39 is 12.1 Å². The Morgan fingerprint density at radius 3 is 2.58 bits per heavy atom. The zero-order valence-electron chi connectivity index (χ0n) is 13.8. The van der Waals surface area contributed by atoms with Crippen molar-refractivity contribution in [1.82, 2.24) is 4.90 Å². The van der Waals surface area contributed by atoms with E-state index in [-0.39, 0.29) is 25.5 Å². The fourth-order valence-corrected chi connectivity index (χ4v) is 3.37. The highest BCUT2D eigenvalue weighted by molar-refractivity contribution is 5.95. The van der Waals surface area contributed by atoms with Crippen LogP contribution >= 0.6 is 0 Å². The predicted molar refractivity (Wildman–Crippen MR) is 86.2 cm³/mol. The number of alkyl halides is 1. The first kappa shape index (κ1) is 16.4. The number of ether oxygens (including phenoxy) is 2. The summed E-state index contributed by atoms with van der Waals surface area (Å²) in [5, 5.41) is 9.22. The van der Waals surface area contributed by atoms with Crippen molar-refractivity contribution < 1.29 is 18.7 Å². The number of rotatable bonds is 4. The van der Waals surface area contributed by atoms with Crippen molar-refractivity contribution in [1.29, 1.82) is 5.26 Å². The minimum absolute atomic E-state index is 0.147. The predicted octanol–water partition coefficient (Wildman–Crippen LogP) is 2.37. The molecule has 24 heavy (non-hydrogen) atoms. The van der Waals surface area contributed by atoms with Crippen molar-refractivity contribution >= 4 is 11.7 Å². The molecule has 0 radical (unpaired) electrons. The van der Waals surface area contributed by atoms with Gasteiger partial charge in [0.25, 0.3) is 0 Å². The first-order valence-corrected chi connectivity index (χ1v) is 7.86. The van der Waals surface area contributed by atoms with E-state index in [2.05, 4.69) is 6.07 Å². The number of methoxy groups -OCH3 is 2. The normalized spacial score (nSPS) is 17.8. The number of carbonyl (C=O) groups is 1. The fraction of sp³-hybridized carbons (Fsp3) is 0.529. The average Bonchev–Trinajstić information content (AvgIpc) is 2.98. The molecule has 1 fully saturated rings. The van der Waals surface area contributed by atoms with Crippen molar-refractivity contribution in [3.63, 3.8) is 0 Å². The molecule has 0 bridgehead atoms. The maximum atomic E-state index is 12.7. The number of likely N-dealkylation sites (tertiary alicyclic amines) is 1. The number of carbonyl (C=O) groups excluding carboxylic acids is 1. The molecule has 3 rings (SSSR count). The van der Waals surface area contributed by atoms with Crippen LogP contribution < -0.4 is 14.4 Å². The lowest BCUT2D eigenvalue weighted by Crippen LogP contribution is -2.61. The third kappa shape index (κ3) is 2.52. The molecule has 0 aromatic heterocycles. The second-order valence-corrected chi connectivity index (χ2v) is 6.21. The Labute approximate surface area is 140 Å². The van der Waals surface area contributed by atoms with Crippen molar-refractivity contribution in [2.24, 2.45) is 5.41 Å². The van der Waals surface area contributed by atoms with Gasteiger partial charge in [-0.3, -0.25) is 9.29 Å². The Bertz CT molecular complexity index is 695. The molecule has 6 nitrogen and oxygen atoms in total. The molecule has 0 atom stereocenters. The molecule has 2 heterocycles. The summed E-state index contributed by atoms with van der Waals surface area (Å²) in [6.45, 7) is 0.597. The van der Waals surface area contributed by atoms with E-state index >= 15 is 0 Å². The molecule has 0 spiro atoms. The highest BCUT2D eigenvalue weighted by Crippen LogP contribution is 2.40. The van der Waals surface area contributed by atoms with Crippen molar-refractivity contribution in [3.8, 4) is 17.6 Å². The Morgan fingerprint density at radius 1 is 1.33 bits per heavy atom. The van der Waals surface area contributed by atoms with Gasteiger partial charge in [0.15, 0.2) is 11.5 Å². The summed E-state index contributed by atoms with van der Waals surface area (Å²) in [5.41, 5.74) is 1.10. The summed E-state index contributed by atoms with van der Waals surface area (Å²) in [4.78, 5) is 16.0. The number of nitriles is 1. The van der Waals surface area contributed by atoms with Crippen molar-refractivity contribution in [2.45, 2.75) is 12.8 Å². The summed E-state index contributed by atoms with van der Waals surface area (Å²) in [6.07, 6.45) is 0.915. The standard InChI is InChI=1S/C17H20FN3O3/c1-23-14-7-12-3-6-21(13(12)8-15(14)24-2)16(22)20-10-17(9-19,11-20)4-5-18/h7-8H,3-6,10-11H2,1-2H3. The SMILES string of the molecule is COc1cc2c(cc1OC)N(C(=O)N1CC(C#N)(CCF)C1)CC2. The monoisotopic (exact) mass is 333 g/mol. The van der Waals surface area contributed by atoms with Crippen LogP contribution in [-0.4, -0.2) is 51.5 Å². The topological polar surface area (TPSA) is 65.8 Å². The molecule has 128 valence electrons. The zero-order valence-corrected chi connectivity index (χ0v) is 13.8. The lowest BCUT2D eigenvalue weighted by atomic mass is 9.79. The average molecular weight is 333 g/mol. The van der Waals surface area contributed by atoms with Gasteiger partial charge in [-0.2, -0.15) is 5.26 Å². The van der Waals surface area contributed by atoms with Crippen LogP contribution in [0.25, 0.3) is 0 Å². The minimum Gasteiger partial charge on any atom is -0.493 e. The number of hydrogen-bond acceptors (Lipinski definition) is 4. The number of urea groups is 1. The van der Waals surface area contributed by atoms with Gasteiger partial charge in [0.05, 0.1) is 38.1 Å². The van der Waals surface area contributed by atoms with Crippen LogP contribution in [0.15, 0.2) is 12.1 Å². The van der Waals surface area contributed by atoms with Gasteiger partial charge in [0, 0.05) is 25.7 Å². The van der Waals surface area contributed by atoms with Crippen LogP contribution in [0.3, 0.4) is 0 Å². The summed E-state index contributed by atoms with van der Waals surface area (Å²) in [5.74, 6) is 1.21.